The summed E-state index contributed by atoms with van der Waals surface area (Å²) in [6.45, 7) is 6.19. The highest BCUT2D eigenvalue weighted by Gasteiger charge is 2.21. The quantitative estimate of drug-likeness (QED) is 0.856. The molecule has 0 aromatic carbocycles. The summed E-state index contributed by atoms with van der Waals surface area (Å²) in [7, 11) is 1.84. The first-order chi connectivity index (χ1) is 9.54. The van der Waals surface area contributed by atoms with Crippen LogP contribution in [0, 0.1) is 6.92 Å². The Balaban J connectivity index is 2.19. The van der Waals surface area contributed by atoms with Gasteiger partial charge in [0, 0.05) is 18.1 Å². The number of hydrogen-bond acceptors (Lipinski definition) is 3. The molecule has 0 fully saturated rings. The molecule has 2 aromatic heterocycles. The van der Waals surface area contributed by atoms with Crippen molar-refractivity contribution in [2.75, 3.05) is 7.05 Å². The lowest BCUT2D eigenvalue weighted by molar-refractivity contribution is 0.0744. The van der Waals surface area contributed by atoms with Crippen LogP contribution in [-0.4, -0.2) is 22.8 Å². The van der Waals surface area contributed by atoms with Gasteiger partial charge in [0.2, 0.25) is 0 Å². The fraction of sp³-hybridized carbons (Fsp3) is 0.375. The molecular formula is C16H20N2OS. The third kappa shape index (κ3) is 2.90. The van der Waals surface area contributed by atoms with Crippen molar-refractivity contribution in [3.63, 3.8) is 0 Å². The summed E-state index contributed by atoms with van der Waals surface area (Å²) in [4.78, 5) is 20.7. The van der Waals surface area contributed by atoms with Crippen molar-refractivity contribution in [3.8, 4) is 0 Å². The van der Waals surface area contributed by atoms with Crippen LogP contribution in [0.25, 0.3) is 0 Å². The predicted octanol–water partition coefficient (Wildman–Crippen LogP) is 3.85. The maximum absolute atomic E-state index is 12.5. The Bertz CT molecular complexity index is 592. The summed E-state index contributed by atoms with van der Waals surface area (Å²) in [5.41, 5.74) is 2.17. The Morgan fingerprint density at radius 1 is 1.45 bits per heavy atom. The molecule has 4 heteroatoms. The van der Waals surface area contributed by atoms with E-state index in [4.69, 9.17) is 0 Å². The van der Waals surface area contributed by atoms with E-state index in [1.54, 1.807) is 22.4 Å². The van der Waals surface area contributed by atoms with Gasteiger partial charge >= 0.3 is 0 Å². The van der Waals surface area contributed by atoms with Crippen LogP contribution < -0.4 is 0 Å². The molecule has 1 amide bonds. The van der Waals surface area contributed by atoms with Crippen LogP contribution in [-0.2, 0) is 6.42 Å². The van der Waals surface area contributed by atoms with Crippen molar-refractivity contribution >= 4 is 17.2 Å². The SMILES string of the molecule is CCc1cc(C(=O)N(C)C(C)c2ccccn2)sc1C. The van der Waals surface area contributed by atoms with Crippen LogP contribution in [0.4, 0.5) is 0 Å². The molecule has 0 saturated carbocycles. The number of hydrogen-bond donors (Lipinski definition) is 0. The highest BCUT2D eigenvalue weighted by atomic mass is 32.1. The van der Waals surface area contributed by atoms with E-state index in [0.717, 1.165) is 17.0 Å². The van der Waals surface area contributed by atoms with Crippen LogP contribution in [0.2, 0.25) is 0 Å². The zero-order chi connectivity index (χ0) is 14.7. The molecule has 2 aromatic rings. The molecular weight excluding hydrogens is 268 g/mol. The molecule has 0 N–H and O–H groups in total. The second-order valence-corrected chi connectivity index (χ2v) is 6.15. The van der Waals surface area contributed by atoms with Crippen LogP contribution in [0.3, 0.4) is 0 Å². The number of carbonyl (C=O) groups excluding carboxylic acids is 1. The van der Waals surface area contributed by atoms with Gasteiger partial charge in [0.15, 0.2) is 0 Å². The number of thiophene rings is 1. The predicted molar refractivity (Wildman–Crippen MR) is 83.2 cm³/mol. The number of nitrogens with zero attached hydrogens (tertiary/aromatic N) is 2. The summed E-state index contributed by atoms with van der Waals surface area (Å²) < 4.78 is 0. The van der Waals surface area contributed by atoms with Crippen molar-refractivity contribution < 1.29 is 4.79 Å². The Morgan fingerprint density at radius 2 is 2.20 bits per heavy atom. The summed E-state index contributed by atoms with van der Waals surface area (Å²) in [5, 5.41) is 0. The van der Waals surface area contributed by atoms with Crippen molar-refractivity contribution in [2.24, 2.45) is 0 Å². The summed E-state index contributed by atoms with van der Waals surface area (Å²) >= 11 is 1.58. The molecule has 0 radical (unpaired) electrons. The smallest absolute Gasteiger partial charge is 0.264 e. The zero-order valence-corrected chi connectivity index (χ0v) is 13.2. The molecule has 0 aliphatic rings. The minimum absolute atomic E-state index is 0.0313. The van der Waals surface area contributed by atoms with E-state index in [-0.39, 0.29) is 11.9 Å². The van der Waals surface area contributed by atoms with E-state index in [0.29, 0.717) is 0 Å². The maximum atomic E-state index is 12.5. The van der Waals surface area contributed by atoms with Crippen molar-refractivity contribution in [3.05, 3.63) is 51.5 Å². The highest BCUT2D eigenvalue weighted by molar-refractivity contribution is 7.14. The molecule has 1 atom stereocenters. The van der Waals surface area contributed by atoms with Crippen LogP contribution >= 0.6 is 11.3 Å². The Kier molecular flexibility index (Phi) is 4.55. The number of pyridine rings is 1. The van der Waals surface area contributed by atoms with Gasteiger partial charge in [-0.25, -0.2) is 0 Å². The third-order valence-electron chi connectivity index (χ3n) is 3.63. The van der Waals surface area contributed by atoms with Crippen LogP contribution in [0.15, 0.2) is 30.5 Å². The monoisotopic (exact) mass is 288 g/mol. The van der Waals surface area contributed by atoms with Gasteiger partial charge in [-0.05, 0) is 44.0 Å². The normalized spacial score (nSPS) is 12.2. The summed E-state index contributed by atoms with van der Waals surface area (Å²) in [6.07, 6.45) is 2.73. The fourth-order valence-electron chi connectivity index (χ4n) is 2.15. The molecule has 20 heavy (non-hydrogen) atoms. The molecule has 0 saturated heterocycles. The van der Waals surface area contributed by atoms with Gasteiger partial charge in [-0.2, -0.15) is 0 Å². The average molecular weight is 288 g/mol. The average Bonchev–Trinajstić information content (AvgIpc) is 2.87. The molecule has 2 heterocycles. The van der Waals surface area contributed by atoms with E-state index in [9.17, 15) is 4.79 Å². The molecule has 0 aliphatic carbocycles. The first-order valence-electron chi connectivity index (χ1n) is 6.82. The Hall–Kier alpha value is -1.68. The lowest BCUT2D eigenvalue weighted by Crippen LogP contribution is -2.29. The van der Waals surface area contributed by atoms with E-state index in [1.807, 2.05) is 38.2 Å². The van der Waals surface area contributed by atoms with Crippen molar-refractivity contribution in [1.82, 2.24) is 9.88 Å². The van der Waals surface area contributed by atoms with Gasteiger partial charge < -0.3 is 4.90 Å². The number of amides is 1. The molecule has 106 valence electrons. The number of aryl methyl sites for hydroxylation is 2. The molecule has 0 bridgehead atoms. The third-order valence-corrected chi connectivity index (χ3v) is 4.71. The van der Waals surface area contributed by atoms with E-state index in [2.05, 4.69) is 18.8 Å². The zero-order valence-electron chi connectivity index (χ0n) is 12.4. The number of carbonyl (C=O) groups is 1. The van der Waals surface area contributed by atoms with Crippen LogP contribution in [0.5, 0.6) is 0 Å². The second kappa shape index (κ2) is 6.18. The van der Waals surface area contributed by atoms with Crippen LogP contribution in [0.1, 0.15) is 45.7 Å². The fourth-order valence-corrected chi connectivity index (χ4v) is 3.24. The number of rotatable bonds is 4. The lowest BCUT2D eigenvalue weighted by Gasteiger charge is -2.23. The Labute approximate surface area is 124 Å². The van der Waals surface area contributed by atoms with Gasteiger partial charge in [0.25, 0.3) is 5.91 Å². The largest absolute Gasteiger partial charge is 0.333 e. The topological polar surface area (TPSA) is 33.2 Å². The second-order valence-electron chi connectivity index (χ2n) is 4.89. The summed E-state index contributed by atoms with van der Waals surface area (Å²) in [6, 6.07) is 7.77. The first-order valence-corrected chi connectivity index (χ1v) is 7.63. The molecule has 0 spiro atoms. The van der Waals surface area contributed by atoms with Gasteiger partial charge in [-0.15, -0.1) is 11.3 Å². The lowest BCUT2D eigenvalue weighted by atomic mass is 10.1. The summed E-state index contributed by atoms with van der Waals surface area (Å²) in [5.74, 6) is 0.0657. The van der Waals surface area contributed by atoms with Gasteiger partial charge in [0.1, 0.15) is 0 Å². The van der Waals surface area contributed by atoms with E-state index in [1.165, 1.54) is 10.4 Å². The molecule has 2 rings (SSSR count). The minimum Gasteiger partial charge on any atom is -0.333 e. The molecule has 0 aliphatic heterocycles. The minimum atomic E-state index is -0.0313. The molecule has 1 unspecified atom stereocenters. The maximum Gasteiger partial charge on any atom is 0.264 e. The highest BCUT2D eigenvalue weighted by Crippen LogP contribution is 2.26. The van der Waals surface area contributed by atoms with Gasteiger partial charge in [-0.3, -0.25) is 9.78 Å². The number of aromatic nitrogens is 1. The standard InChI is InChI=1S/C16H20N2OS/c1-5-13-10-15(20-12(13)3)16(19)18(4)11(2)14-8-6-7-9-17-14/h6-11H,5H2,1-4H3. The van der Waals surface area contributed by atoms with Gasteiger partial charge in [-0.1, -0.05) is 13.0 Å². The first kappa shape index (κ1) is 14.7. The van der Waals surface area contributed by atoms with Crippen molar-refractivity contribution in [2.45, 2.75) is 33.2 Å². The van der Waals surface area contributed by atoms with Gasteiger partial charge in [0.05, 0.1) is 16.6 Å². The molecule has 3 nitrogen and oxygen atoms in total. The van der Waals surface area contributed by atoms with E-state index >= 15 is 0 Å². The Morgan fingerprint density at radius 3 is 2.75 bits per heavy atom. The van der Waals surface area contributed by atoms with E-state index < -0.39 is 0 Å². The van der Waals surface area contributed by atoms with Crippen molar-refractivity contribution in [1.29, 1.82) is 0 Å².